The van der Waals surface area contributed by atoms with Crippen LogP contribution in [0.25, 0.3) is 0 Å². The lowest BCUT2D eigenvalue weighted by atomic mass is 9.97. The highest BCUT2D eigenvalue weighted by Crippen LogP contribution is 2.67. The second-order valence-corrected chi connectivity index (χ2v) is 8.43. The number of carbonyl (C=O) groups excluding carboxylic acids is 1. The van der Waals surface area contributed by atoms with Crippen molar-refractivity contribution < 1.29 is 23.5 Å². The van der Waals surface area contributed by atoms with Gasteiger partial charge in [-0.1, -0.05) is 43.7 Å². The topological polar surface area (TPSA) is 67.8 Å². The summed E-state index contributed by atoms with van der Waals surface area (Å²) in [6.07, 6.45) is 0. The Morgan fingerprint density at radius 1 is 1.32 bits per heavy atom. The molecular formula is C16H23O5P. The van der Waals surface area contributed by atoms with Gasteiger partial charge in [-0.15, -0.1) is 0 Å². The number of hydrogen-bond donors (Lipinski definition) is 0. The molecule has 0 N–H and O–H groups in total. The monoisotopic (exact) mass is 326 g/mol. The zero-order valence-corrected chi connectivity index (χ0v) is 14.4. The Labute approximate surface area is 132 Å². The highest BCUT2D eigenvalue weighted by molar-refractivity contribution is 7.60. The van der Waals surface area contributed by atoms with Crippen LogP contribution in [-0.2, 0) is 18.6 Å². The fraction of sp³-hybridized carbons (Fsp3) is 0.562. The number of carbonyl (C=O) groups is 1. The molecule has 6 heteroatoms. The van der Waals surface area contributed by atoms with E-state index in [4.69, 9.17) is 13.8 Å². The zero-order chi connectivity index (χ0) is 16.4. The Kier molecular flexibility index (Phi) is 5.23. The van der Waals surface area contributed by atoms with Gasteiger partial charge in [-0.05, 0) is 13.8 Å². The lowest BCUT2D eigenvalue weighted by molar-refractivity contribution is -0.237. The molecule has 122 valence electrons. The molecule has 2 rings (SSSR count). The summed E-state index contributed by atoms with van der Waals surface area (Å²) >= 11 is 0. The molecule has 1 aliphatic heterocycles. The lowest BCUT2D eigenvalue weighted by Gasteiger charge is -2.40. The second-order valence-electron chi connectivity index (χ2n) is 6.32. The number of ether oxygens (including phenoxy) is 1. The van der Waals surface area contributed by atoms with Gasteiger partial charge in [-0.3, -0.25) is 0 Å². The van der Waals surface area contributed by atoms with Crippen LogP contribution >= 0.6 is 7.94 Å². The highest BCUT2D eigenvalue weighted by atomic mass is 31.2. The van der Waals surface area contributed by atoms with Crippen LogP contribution in [0.2, 0.25) is 0 Å². The van der Waals surface area contributed by atoms with Crippen LogP contribution in [0.15, 0.2) is 24.3 Å². The summed E-state index contributed by atoms with van der Waals surface area (Å²) in [4.78, 5) is 25.4. The first kappa shape index (κ1) is 17.4. The van der Waals surface area contributed by atoms with E-state index in [1.165, 1.54) is 0 Å². The second kappa shape index (κ2) is 6.63. The standard InChI is InChI=1S/C16H23O5P/c1-5-19-15(17)14(13-8-6-12(2)7-9-13)22(18)20-10-16(3,4)11-21-22/h6-9,14H,5,10-11H2,1-4H3. The minimum Gasteiger partial charge on any atom is -0.630 e. The minimum atomic E-state index is -3.60. The molecule has 22 heavy (non-hydrogen) atoms. The third kappa shape index (κ3) is 3.85. The molecule has 1 aliphatic rings. The Balaban J connectivity index is 2.32. The fourth-order valence-corrected chi connectivity index (χ4v) is 4.48. The fourth-order valence-electron chi connectivity index (χ4n) is 2.18. The van der Waals surface area contributed by atoms with E-state index in [1.54, 1.807) is 19.1 Å². The molecule has 1 saturated heterocycles. The summed E-state index contributed by atoms with van der Waals surface area (Å²) in [5.74, 6) is -0.575. The van der Waals surface area contributed by atoms with Crippen LogP contribution in [0.5, 0.6) is 0 Å². The van der Waals surface area contributed by atoms with Crippen molar-refractivity contribution in [3.05, 3.63) is 35.4 Å². The summed E-state index contributed by atoms with van der Waals surface area (Å²) in [5.41, 5.74) is 0.382. The van der Waals surface area contributed by atoms with Crippen molar-refractivity contribution in [1.82, 2.24) is 0 Å². The largest absolute Gasteiger partial charge is 0.630 e. The molecule has 0 aromatic heterocycles. The van der Waals surface area contributed by atoms with Gasteiger partial charge in [-0.25, -0.2) is 13.8 Å². The highest BCUT2D eigenvalue weighted by Gasteiger charge is 2.52. The third-order valence-corrected chi connectivity index (χ3v) is 5.61. The van der Waals surface area contributed by atoms with E-state index in [9.17, 15) is 9.69 Å². The van der Waals surface area contributed by atoms with Crippen LogP contribution in [0.4, 0.5) is 0 Å². The Hall–Kier alpha value is -1.00. The van der Waals surface area contributed by atoms with Gasteiger partial charge in [0.2, 0.25) is 5.66 Å². The molecule has 0 bridgehead atoms. The van der Waals surface area contributed by atoms with Crippen molar-refractivity contribution in [2.24, 2.45) is 5.41 Å². The normalized spacial score (nSPS) is 21.1. The Bertz CT molecular complexity index is 516. The molecular weight excluding hydrogens is 303 g/mol. The summed E-state index contributed by atoms with van der Waals surface area (Å²) in [6, 6.07) is 7.26. The van der Waals surface area contributed by atoms with Gasteiger partial charge < -0.3 is 9.63 Å². The lowest BCUT2D eigenvalue weighted by Crippen LogP contribution is -2.39. The average molecular weight is 326 g/mol. The first-order valence-electron chi connectivity index (χ1n) is 7.39. The molecule has 0 amide bonds. The number of hydrogen-bond acceptors (Lipinski definition) is 5. The van der Waals surface area contributed by atoms with Gasteiger partial charge in [0.15, 0.2) is 0 Å². The number of esters is 1. The van der Waals surface area contributed by atoms with Gasteiger partial charge in [0.05, 0.1) is 6.61 Å². The van der Waals surface area contributed by atoms with Crippen molar-refractivity contribution in [2.45, 2.75) is 33.4 Å². The van der Waals surface area contributed by atoms with Gasteiger partial charge in [0.25, 0.3) is 7.94 Å². The van der Waals surface area contributed by atoms with Crippen molar-refractivity contribution in [1.29, 1.82) is 0 Å². The maximum absolute atomic E-state index is 13.1. The summed E-state index contributed by atoms with van der Waals surface area (Å²) in [5, 5.41) is 0. The Morgan fingerprint density at radius 2 is 1.86 bits per heavy atom. The third-order valence-electron chi connectivity index (χ3n) is 3.49. The van der Waals surface area contributed by atoms with Crippen molar-refractivity contribution in [3.8, 4) is 0 Å². The van der Waals surface area contributed by atoms with Crippen molar-refractivity contribution in [2.75, 3.05) is 19.8 Å². The molecule has 0 spiro atoms. The van der Waals surface area contributed by atoms with Gasteiger partial charge in [-0.2, -0.15) is 0 Å². The molecule has 1 aromatic rings. The van der Waals surface area contributed by atoms with Gasteiger partial charge >= 0.3 is 5.97 Å². The maximum atomic E-state index is 13.1. The summed E-state index contributed by atoms with van der Waals surface area (Å²) in [6.45, 7) is 8.36. The van der Waals surface area contributed by atoms with Gasteiger partial charge in [0, 0.05) is 11.0 Å². The molecule has 1 atom stereocenters. The van der Waals surface area contributed by atoms with Crippen LogP contribution in [-0.4, -0.2) is 25.8 Å². The zero-order valence-electron chi connectivity index (χ0n) is 13.5. The van der Waals surface area contributed by atoms with E-state index in [0.717, 1.165) is 5.56 Å². The summed E-state index contributed by atoms with van der Waals surface area (Å²) < 4.78 is 16.1. The predicted octanol–water partition coefficient (Wildman–Crippen LogP) is 2.80. The minimum absolute atomic E-state index is 0.215. The van der Waals surface area contributed by atoms with Crippen molar-refractivity contribution in [3.63, 3.8) is 0 Å². The number of aryl methyl sites for hydroxylation is 1. The predicted molar refractivity (Wildman–Crippen MR) is 83.2 cm³/mol. The molecule has 1 fully saturated rings. The van der Waals surface area contributed by atoms with Crippen molar-refractivity contribution >= 4 is 13.9 Å². The van der Waals surface area contributed by atoms with E-state index < -0.39 is 19.6 Å². The maximum Gasteiger partial charge on any atom is 0.357 e. The molecule has 1 heterocycles. The Morgan fingerprint density at radius 3 is 2.36 bits per heavy atom. The van der Waals surface area contributed by atoms with E-state index in [1.807, 2.05) is 32.9 Å². The molecule has 0 saturated carbocycles. The molecule has 1 aromatic carbocycles. The SMILES string of the molecule is CCOC(=O)C(c1ccc(C)cc1)[P+]1([O-])OCC(C)(C)CO1. The first-order valence-corrected chi connectivity index (χ1v) is 9.00. The smallest absolute Gasteiger partial charge is 0.357 e. The molecule has 1 unspecified atom stereocenters. The van der Waals surface area contributed by atoms with E-state index >= 15 is 0 Å². The van der Waals surface area contributed by atoms with E-state index in [-0.39, 0.29) is 25.2 Å². The molecule has 5 nitrogen and oxygen atoms in total. The van der Waals surface area contributed by atoms with E-state index in [2.05, 4.69) is 0 Å². The van der Waals surface area contributed by atoms with E-state index in [0.29, 0.717) is 5.56 Å². The van der Waals surface area contributed by atoms with Crippen LogP contribution in [0.3, 0.4) is 0 Å². The van der Waals surface area contributed by atoms with Crippen LogP contribution in [0, 0.1) is 12.3 Å². The van der Waals surface area contributed by atoms with Crippen LogP contribution in [0.1, 0.15) is 37.6 Å². The number of rotatable bonds is 4. The van der Waals surface area contributed by atoms with Gasteiger partial charge in [0.1, 0.15) is 13.2 Å². The first-order chi connectivity index (χ1) is 10.3. The van der Waals surface area contributed by atoms with Crippen LogP contribution < -0.4 is 4.89 Å². The quantitative estimate of drug-likeness (QED) is 0.629. The molecule has 0 radical (unpaired) electrons. The summed E-state index contributed by atoms with van der Waals surface area (Å²) in [7, 11) is -3.60. The average Bonchev–Trinajstić information content (AvgIpc) is 2.45. The molecule has 0 aliphatic carbocycles. The number of benzene rings is 1.